The lowest BCUT2D eigenvalue weighted by Crippen LogP contribution is -2.38. The molecule has 2 fully saturated rings. The molecule has 34 heavy (non-hydrogen) atoms. The molecule has 1 aromatic heterocycles. The van der Waals surface area contributed by atoms with E-state index in [2.05, 4.69) is 5.32 Å². The Bertz CT molecular complexity index is 907. The number of thiophene rings is 1. The van der Waals surface area contributed by atoms with Crippen molar-refractivity contribution in [2.75, 3.05) is 5.32 Å². The summed E-state index contributed by atoms with van der Waals surface area (Å²) in [5, 5.41) is 13.4. The highest BCUT2D eigenvalue weighted by Gasteiger charge is 2.54. The van der Waals surface area contributed by atoms with Gasteiger partial charge in [-0.1, -0.05) is 38.5 Å². The number of rotatable bonds is 5. The summed E-state index contributed by atoms with van der Waals surface area (Å²) < 4.78 is 5.61. The molecule has 188 valence electrons. The topological polar surface area (TPSA) is 92.7 Å². The van der Waals surface area contributed by atoms with Crippen LogP contribution >= 0.6 is 11.3 Å². The third kappa shape index (κ3) is 5.50. The van der Waals surface area contributed by atoms with Gasteiger partial charge in [0.05, 0.1) is 23.5 Å². The second-order valence-electron chi connectivity index (χ2n) is 10.7. The number of hydrogen-bond acceptors (Lipinski definition) is 5. The quantitative estimate of drug-likeness (QED) is 0.479. The maximum absolute atomic E-state index is 13.4. The monoisotopic (exact) mass is 489 g/mol. The first-order valence-electron chi connectivity index (χ1n) is 13.3. The van der Waals surface area contributed by atoms with E-state index in [0.29, 0.717) is 10.6 Å². The van der Waals surface area contributed by atoms with Crippen LogP contribution in [0.2, 0.25) is 0 Å². The van der Waals surface area contributed by atoms with E-state index >= 15 is 0 Å². The molecule has 0 aromatic carbocycles. The fourth-order valence-electron chi connectivity index (χ4n) is 6.42. The number of fused-ring (bicyclic) bond motifs is 3. The lowest BCUT2D eigenvalue weighted by molar-refractivity contribution is -0.148. The maximum atomic E-state index is 13.4. The normalized spacial score (nSPS) is 27.5. The molecule has 4 atom stereocenters. The Kier molecular flexibility index (Phi) is 8.33. The molecule has 7 heteroatoms. The van der Waals surface area contributed by atoms with Crippen LogP contribution in [0.15, 0.2) is 0 Å². The van der Waals surface area contributed by atoms with Crippen molar-refractivity contribution in [3.8, 4) is 0 Å². The van der Waals surface area contributed by atoms with Gasteiger partial charge in [-0.2, -0.15) is 0 Å². The van der Waals surface area contributed by atoms with Crippen LogP contribution in [0.4, 0.5) is 5.00 Å². The number of anilines is 1. The average Bonchev–Trinajstić information content (AvgIpc) is 3.46. The van der Waals surface area contributed by atoms with Crippen LogP contribution in [-0.4, -0.2) is 29.1 Å². The van der Waals surface area contributed by atoms with Crippen LogP contribution in [-0.2, 0) is 27.2 Å². The number of aliphatic carboxylic acids is 1. The summed E-state index contributed by atoms with van der Waals surface area (Å²) in [5.41, 5.74) is 1.54. The molecule has 1 amide bonds. The van der Waals surface area contributed by atoms with Gasteiger partial charge in [0.1, 0.15) is 5.00 Å². The van der Waals surface area contributed by atoms with E-state index in [1.807, 2.05) is 13.8 Å². The van der Waals surface area contributed by atoms with Crippen LogP contribution in [0.1, 0.15) is 105 Å². The molecule has 0 saturated heterocycles. The number of aryl methyl sites for hydroxylation is 1. The molecule has 2 saturated carbocycles. The number of amides is 1. The number of carbonyl (C=O) groups is 3. The molecule has 0 radical (unpaired) electrons. The number of carboxylic acids is 1. The van der Waals surface area contributed by atoms with E-state index in [1.165, 1.54) is 48.3 Å². The van der Waals surface area contributed by atoms with E-state index in [4.69, 9.17) is 4.74 Å². The van der Waals surface area contributed by atoms with Gasteiger partial charge >= 0.3 is 11.9 Å². The van der Waals surface area contributed by atoms with Gasteiger partial charge in [-0.15, -0.1) is 11.3 Å². The molecule has 3 aliphatic rings. The van der Waals surface area contributed by atoms with Crippen molar-refractivity contribution in [2.24, 2.45) is 23.7 Å². The molecule has 0 aliphatic heterocycles. The third-order valence-corrected chi connectivity index (χ3v) is 9.17. The summed E-state index contributed by atoms with van der Waals surface area (Å²) in [4.78, 5) is 39.8. The smallest absolute Gasteiger partial charge is 0.341 e. The first-order chi connectivity index (χ1) is 16.4. The molecule has 0 spiro atoms. The number of carboxylic acid groups (broad SMARTS) is 1. The third-order valence-electron chi connectivity index (χ3n) is 7.96. The van der Waals surface area contributed by atoms with Crippen molar-refractivity contribution in [3.05, 3.63) is 16.0 Å². The maximum Gasteiger partial charge on any atom is 0.341 e. The average molecular weight is 490 g/mol. The van der Waals surface area contributed by atoms with Crippen molar-refractivity contribution in [3.63, 3.8) is 0 Å². The fourth-order valence-corrected chi connectivity index (χ4v) is 7.70. The summed E-state index contributed by atoms with van der Waals surface area (Å²) >= 11 is 1.50. The summed E-state index contributed by atoms with van der Waals surface area (Å²) in [6.45, 7) is 3.67. The highest BCUT2D eigenvalue weighted by molar-refractivity contribution is 7.17. The van der Waals surface area contributed by atoms with Crippen LogP contribution in [0.3, 0.4) is 0 Å². The van der Waals surface area contributed by atoms with Gasteiger partial charge in [-0.3, -0.25) is 9.59 Å². The van der Waals surface area contributed by atoms with E-state index < -0.39 is 17.8 Å². The second-order valence-corrected chi connectivity index (χ2v) is 11.8. The van der Waals surface area contributed by atoms with Gasteiger partial charge in [-0.05, 0) is 76.2 Å². The molecular weight excluding hydrogens is 450 g/mol. The zero-order valence-corrected chi connectivity index (χ0v) is 21.4. The molecule has 2 N–H and O–H groups in total. The highest BCUT2D eigenvalue weighted by atomic mass is 32.1. The van der Waals surface area contributed by atoms with Gasteiger partial charge in [0.2, 0.25) is 5.91 Å². The number of hydrogen-bond donors (Lipinski definition) is 2. The van der Waals surface area contributed by atoms with Crippen LogP contribution in [0.5, 0.6) is 0 Å². The van der Waals surface area contributed by atoms with Crippen molar-refractivity contribution < 1.29 is 24.2 Å². The van der Waals surface area contributed by atoms with Gasteiger partial charge in [0, 0.05) is 4.88 Å². The Balaban J connectivity index is 1.63. The van der Waals surface area contributed by atoms with E-state index in [0.717, 1.165) is 56.9 Å². The minimum absolute atomic E-state index is 0.0903. The molecule has 6 nitrogen and oxygen atoms in total. The van der Waals surface area contributed by atoms with Gasteiger partial charge < -0.3 is 15.2 Å². The van der Waals surface area contributed by atoms with E-state index in [9.17, 15) is 19.5 Å². The Morgan fingerprint density at radius 1 is 0.912 bits per heavy atom. The highest BCUT2D eigenvalue weighted by Crippen LogP contribution is 2.53. The summed E-state index contributed by atoms with van der Waals surface area (Å²) in [7, 11) is 0. The number of nitrogens with one attached hydrogen (secondary N) is 1. The van der Waals surface area contributed by atoms with Crippen molar-refractivity contribution >= 4 is 34.2 Å². The largest absolute Gasteiger partial charge is 0.481 e. The predicted octanol–water partition coefficient (Wildman–Crippen LogP) is 6.22. The molecule has 4 rings (SSSR count). The lowest BCUT2D eigenvalue weighted by atomic mass is 9.78. The minimum atomic E-state index is -0.870. The summed E-state index contributed by atoms with van der Waals surface area (Å²) in [6.07, 6.45) is 13.5. The first-order valence-corrected chi connectivity index (χ1v) is 14.1. The number of esters is 1. The van der Waals surface area contributed by atoms with Crippen molar-refractivity contribution in [2.45, 2.75) is 103 Å². The molecular formula is C27H39NO5S. The molecule has 0 unspecified atom stereocenters. The standard InChI is InChI=1S/C27H39NO5S/c1-16(2)33-27(32)23-19-11-9-7-5-3-4-6-8-10-12-20(19)34-25(23)28-24(29)21-17-13-14-18(15-17)22(21)26(30)31/h16-18,21-22H,3-15H2,1-2H3,(H,28,29)(H,30,31)/t17-,18+,21+,22+/m1/s1. The first kappa shape index (κ1) is 25.2. The van der Waals surface area contributed by atoms with E-state index in [1.54, 1.807) is 0 Å². The van der Waals surface area contributed by atoms with Crippen LogP contribution in [0.25, 0.3) is 0 Å². The second kappa shape index (κ2) is 11.2. The zero-order chi connectivity index (χ0) is 24.2. The van der Waals surface area contributed by atoms with Gasteiger partial charge in [-0.25, -0.2) is 4.79 Å². The number of carbonyl (C=O) groups excluding carboxylic acids is 2. The Morgan fingerprint density at radius 3 is 2.12 bits per heavy atom. The minimum Gasteiger partial charge on any atom is -0.481 e. The Hall–Kier alpha value is -1.89. The number of ether oxygens (including phenoxy) is 1. The summed E-state index contributed by atoms with van der Waals surface area (Å²) in [5.74, 6) is -2.41. The summed E-state index contributed by atoms with van der Waals surface area (Å²) in [6, 6.07) is 0. The van der Waals surface area contributed by atoms with Crippen LogP contribution in [0, 0.1) is 23.7 Å². The van der Waals surface area contributed by atoms with E-state index in [-0.39, 0.29) is 29.8 Å². The lowest BCUT2D eigenvalue weighted by Gasteiger charge is -2.27. The Labute approximate surface area is 206 Å². The molecule has 2 bridgehead atoms. The van der Waals surface area contributed by atoms with Gasteiger partial charge in [0.15, 0.2) is 0 Å². The molecule has 3 aliphatic carbocycles. The Morgan fingerprint density at radius 2 is 1.50 bits per heavy atom. The van der Waals surface area contributed by atoms with Crippen molar-refractivity contribution in [1.82, 2.24) is 0 Å². The predicted molar refractivity (Wildman–Crippen MR) is 133 cm³/mol. The van der Waals surface area contributed by atoms with Gasteiger partial charge in [0.25, 0.3) is 0 Å². The fraction of sp³-hybridized carbons (Fsp3) is 0.741. The molecule has 1 heterocycles. The zero-order valence-electron chi connectivity index (χ0n) is 20.6. The van der Waals surface area contributed by atoms with Crippen LogP contribution < -0.4 is 5.32 Å². The SMILES string of the molecule is CC(C)OC(=O)c1c(NC(=O)[C@H]2[C@@H]3CC[C@@H](C3)[C@@H]2C(=O)O)sc2c1CCCCCCCCCC2. The van der Waals surface area contributed by atoms with Crippen molar-refractivity contribution in [1.29, 1.82) is 0 Å². The molecule has 1 aromatic rings.